The first-order chi connectivity index (χ1) is 14.5. The van der Waals surface area contributed by atoms with Gasteiger partial charge in [-0.15, -0.1) is 0 Å². The van der Waals surface area contributed by atoms with E-state index in [1.807, 2.05) is 6.07 Å². The third kappa shape index (κ3) is 4.07. The van der Waals surface area contributed by atoms with Crippen molar-refractivity contribution < 1.29 is 19.1 Å². The molecule has 30 heavy (non-hydrogen) atoms. The predicted octanol–water partition coefficient (Wildman–Crippen LogP) is 2.98. The fourth-order valence-corrected chi connectivity index (χ4v) is 3.82. The predicted molar refractivity (Wildman–Crippen MR) is 114 cm³/mol. The molecule has 2 aliphatic rings. The number of nitrogens with one attached hydrogen (secondary N) is 1. The highest BCUT2D eigenvalue weighted by molar-refractivity contribution is 6.07. The van der Waals surface area contributed by atoms with Crippen LogP contribution in [0.15, 0.2) is 42.5 Å². The minimum absolute atomic E-state index is 0.301. The number of carbonyl (C=O) groups is 3. The number of cyclic esters (lactones) is 1. The number of primary amides is 1. The number of amides is 3. The summed E-state index contributed by atoms with van der Waals surface area (Å²) < 4.78 is 4.94. The number of piperidine rings is 1. The number of nitrogens with two attached hydrogens (primary N) is 1. The molecule has 2 aromatic rings. The molecular weight excluding hydrogens is 384 g/mol. The van der Waals surface area contributed by atoms with Crippen molar-refractivity contribution >= 4 is 35.0 Å². The van der Waals surface area contributed by atoms with E-state index in [0.717, 1.165) is 31.6 Å². The van der Waals surface area contributed by atoms with E-state index < -0.39 is 5.91 Å². The van der Waals surface area contributed by atoms with Crippen LogP contribution in [0.5, 0.6) is 0 Å². The number of rotatable bonds is 5. The van der Waals surface area contributed by atoms with Gasteiger partial charge < -0.3 is 20.7 Å². The van der Waals surface area contributed by atoms with E-state index in [4.69, 9.17) is 10.5 Å². The van der Waals surface area contributed by atoms with E-state index in [1.54, 1.807) is 36.4 Å². The van der Waals surface area contributed by atoms with Crippen LogP contribution in [0.2, 0.25) is 0 Å². The molecular formula is C22H24N4O4. The molecule has 0 atom stereocenters. The molecule has 0 bridgehead atoms. The second kappa shape index (κ2) is 8.44. The van der Waals surface area contributed by atoms with Crippen LogP contribution in [-0.2, 0) is 4.74 Å². The number of nitrogens with zero attached hydrogens (tertiary/aromatic N) is 2. The van der Waals surface area contributed by atoms with E-state index in [-0.39, 0.29) is 12.0 Å². The molecule has 0 unspecified atom stereocenters. The van der Waals surface area contributed by atoms with Gasteiger partial charge in [0.15, 0.2) is 0 Å². The average Bonchev–Trinajstić information content (AvgIpc) is 3.20. The molecule has 2 saturated heterocycles. The lowest BCUT2D eigenvalue weighted by Crippen LogP contribution is -2.30. The fraction of sp³-hybridized carbons (Fsp3) is 0.318. The molecule has 2 aromatic carbocycles. The number of anilines is 3. The number of carbonyl (C=O) groups excluding carboxylic acids is 3. The second-order valence-electron chi connectivity index (χ2n) is 7.41. The summed E-state index contributed by atoms with van der Waals surface area (Å²) in [4.78, 5) is 39.9. The van der Waals surface area contributed by atoms with Crippen LogP contribution < -0.4 is 20.9 Å². The van der Waals surface area contributed by atoms with Gasteiger partial charge in [0.2, 0.25) is 5.91 Å². The minimum Gasteiger partial charge on any atom is -0.447 e. The van der Waals surface area contributed by atoms with E-state index in [9.17, 15) is 14.4 Å². The summed E-state index contributed by atoms with van der Waals surface area (Å²) in [7, 11) is 0. The van der Waals surface area contributed by atoms with Gasteiger partial charge in [-0.05, 0) is 61.7 Å². The van der Waals surface area contributed by atoms with Crippen molar-refractivity contribution in [1.82, 2.24) is 0 Å². The summed E-state index contributed by atoms with van der Waals surface area (Å²) in [6.45, 7) is 2.65. The number of ether oxygens (including phenoxy) is 1. The molecule has 0 spiro atoms. The molecule has 3 N–H and O–H groups in total. The lowest BCUT2D eigenvalue weighted by Gasteiger charge is -2.30. The summed E-state index contributed by atoms with van der Waals surface area (Å²) in [6.07, 6.45) is 2.98. The number of hydrogen-bond donors (Lipinski definition) is 2. The molecule has 8 heteroatoms. The summed E-state index contributed by atoms with van der Waals surface area (Å²) >= 11 is 0. The first-order valence-electron chi connectivity index (χ1n) is 10.1. The van der Waals surface area contributed by atoms with Crippen molar-refractivity contribution in [2.24, 2.45) is 5.73 Å². The van der Waals surface area contributed by atoms with Crippen LogP contribution in [-0.4, -0.2) is 44.1 Å². The van der Waals surface area contributed by atoms with Crippen molar-refractivity contribution in [3.8, 4) is 0 Å². The van der Waals surface area contributed by atoms with E-state index in [0.29, 0.717) is 35.7 Å². The quantitative estimate of drug-likeness (QED) is 0.791. The second-order valence-corrected chi connectivity index (χ2v) is 7.41. The SMILES string of the molecule is NC(=O)c1ccc(N2CCCCC2)c(NC(=O)c2ccc(N3CCOC3=O)cc2)c1. The van der Waals surface area contributed by atoms with Crippen molar-refractivity contribution in [2.45, 2.75) is 19.3 Å². The van der Waals surface area contributed by atoms with Gasteiger partial charge in [-0.25, -0.2) is 4.79 Å². The maximum Gasteiger partial charge on any atom is 0.414 e. The van der Waals surface area contributed by atoms with Crippen molar-refractivity contribution in [2.75, 3.05) is 41.4 Å². The van der Waals surface area contributed by atoms with Crippen LogP contribution in [0.1, 0.15) is 40.0 Å². The Morgan fingerprint density at radius 1 is 0.933 bits per heavy atom. The molecule has 0 radical (unpaired) electrons. The molecule has 2 fully saturated rings. The standard InChI is InChI=1S/C22H24N4O4/c23-20(27)16-6-9-19(25-10-2-1-3-11-25)18(14-16)24-21(28)15-4-7-17(8-5-15)26-12-13-30-22(26)29/h4-9,14H,1-3,10-13H2,(H2,23,27)(H,24,28). The van der Waals surface area contributed by atoms with Crippen LogP contribution >= 0.6 is 0 Å². The lowest BCUT2D eigenvalue weighted by atomic mass is 10.1. The first kappa shape index (κ1) is 19.8. The first-order valence-corrected chi connectivity index (χ1v) is 10.1. The molecule has 0 aromatic heterocycles. The lowest BCUT2D eigenvalue weighted by molar-refractivity contribution is 0.0996. The van der Waals surface area contributed by atoms with E-state index >= 15 is 0 Å². The Hall–Kier alpha value is -3.55. The Morgan fingerprint density at radius 2 is 1.63 bits per heavy atom. The van der Waals surface area contributed by atoms with Gasteiger partial charge in [0.1, 0.15) is 6.61 Å². The van der Waals surface area contributed by atoms with Crippen molar-refractivity contribution in [1.29, 1.82) is 0 Å². The summed E-state index contributed by atoms with van der Waals surface area (Å²) in [5.74, 6) is -0.844. The minimum atomic E-state index is -0.544. The Kier molecular flexibility index (Phi) is 5.56. The zero-order valence-electron chi connectivity index (χ0n) is 16.6. The van der Waals surface area contributed by atoms with Crippen molar-refractivity contribution in [3.05, 3.63) is 53.6 Å². The van der Waals surface area contributed by atoms with Gasteiger partial charge in [0.25, 0.3) is 5.91 Å². The van der Waals surface area contributed by atoms with Crippen LogP contribution in [0.25, 0.3) is 0 Å². The molecule has 2 heterocycles. The highest BCUT2D eigenvalue weighted by atomic mass is 16.6. The Morgan fingerprint density at radius 3 is 2.27 bits per heavy atom. The maximum atomic E-state index is 12.9. The van der Waals surface area contributed by atoms with Gasteiger partial charge in [-0.1, -0.05) is 0 Å². The zero-order chi connectivity index (χ0) is 21.1. The molecule has 156 valence electrons. The number of hydrogen-bond acceptors (Lipinski definition) is 5. The van der Waals surface area contributed by atoms with Crippen LogP contribution in [0, 0.1) is 0 Å². The third-order valence-corrected chi connectivity index (χ3v) is 5.43. The summed E-state index contributed by atoms with van der Waals surface area (Å²) in [5.41, 5.74) is 8.34. The number of benzene rings is 2. The largest absolute Gasteiger partial charge is 0.447 e. The molecule has 0 aliphatic carbocycles. The smallest absolute Gasteiger partial charge is 0.414 e. The van der Waals surface area contributed by atoms with Gasteiger partial charge in [0, 0.05) is 29.9 Å². The van der Waals surface area contributed by atoms with Gasteiger partial charge in [-0.2, -0.15) is 0 Å². The molecule has 0 saturated carbocycles. The van der Waals surface area contributed by atoms with E-state index in [2.05, 4.69) is 10.2 Å². The Balaban J connectivity index is 1.56. The fourth-order valence-electron chi connectivity index (χ4n) is 3.82. The molecule has 8 nitrogen and oxygen atoms in total. The Bertz CT molecular complexity index is 968. The monoisotopic (exact) mass is 408 g/mol. The third-order valence-electron chi connectivity index (χ3n) is 5.43. The highest BCUT2D eigenvalue weighted by Gasteiger charge is 2.24. The molecule has 3 amide bonds. The van der Waals surface area contributed by atoms with E-state index in [1.165, 1.54) is 11.3 Å². The van der Waals surface area contributed by atoms with Gasteiger partial charge in [0.05, 0.1) is 17.9 Å². The molecule has 2 aliphatic heterocycles. The van der Waals surface area contributed by atoms with Crippen LogP contribution in [0.3, 0.4) is 0 Å². The topological polar surface area (TPSA) is 105 Å². The van der Waals surface area contributed by atoms with Crippen LogP contribution in [0.4, 0.5) is 21.9 Å². The van der Waals surface area contributed by atoms with Gasteiger partial charge in [-0.3, -0.25) is 14.5 Å². The zero-order valence-corrected chi connectivity index (χ0v) is 16.6. The average molecular weight is 408 g/mol. The summed E-state index contributed by atoms with van der Waals surface area (Å²) in [6, 6.07) is 11.9. The summed E-state index contributed by atoms with van der Waals surface area (Å²) in [5, 5.41) is 2.92. The Labute approximate surface area is 174 Å². The van der Waals surface area contributed by atoms with Gasteiger partial charge >= 0.3 is 6.09 Å². The highest BCUT2D eigenvalue weighted by Crippen LogP contribution is 2.30. The molecule has 4 rings (SSSR count). The normalized spacial score (nSPS) is 16.3. The maximum absolute atomic E-state index is 12.9. The van der Waals surface area contributed by atoms with Crippen molar-refractivity contribution in [3.63, 3.8) is 0 Å².